The summed E-state index contributed by atoms with van der Waals surface area (Å²) in [4.78, 5) is 3.38. The second-order valence-corrected chi connectivity index (χ2v) is 9.05. The molecule has 0 saturated carbocycles. The summed E-state index contributed by atoms with van der Waals surface area (Å²) in [7, 11) is 1.96. The number of rotatable bonds is 7. The summed E-state index contributed by atoms with van der Waals surface area (Å²) in [6.45, 7) is 4.10. The molecule has 4 aromatic rings. The minimum atomic E-state index is -0.382. The molecular formula is C25H28N6OS. The lowest BCUT2D eigenvalue weighted by Gasteiger charge is -2.29. The number of morpholine rings is 1. The summed E-state index contributed by atoms with van der Waals surface area (Å²) in [6.07, 6.45) is 1.41. The number of nitrogens with two attached hydrogens (primary N) is 1. The molecule has 33 heavy (non-hydrogen) atoms. The molecule has 4 N–H and O–H groups in total. The molecule has 1 aliphatic rings. The zero-order valence-electron chi connectivity index (χ0n) is 18.6. The van der Waals surface area contributed by atoms with Gasteiger partial charge in [-0.2, -0.15) is 5.10 Å². The summed E-state index contributed by atoms with van der Waals surface area (Å²) >= 11 is 1.65. The lowest BCUT2D eigenvalue weighted by molar-refractivity contribution is 0.122. The van der Waals surface area contributed by atoms with Crippen molar-refractivity contribution in [1.82, 2.24) is 15.5 Å². The van der Waals surface area contributed by atoms with E-state index in [-0.39, 0.29) is 6.17 Å². The molecule has 1 fully saturated rings. The quantitative estimate of drug-likeness (QED) is 0.360. The topological polar surface area (TPSA) is 88.3 Å². The maximum Gasteiger partial charge on any atom is 0.158 e. The molecule has 8 heteroatoms. The predicted molar refractivity (Wildman–Crippen MR) is 136 cm³/mol. The largest absolute Gasteiger partial charge is 0.378 e. The van der Waals surface area contributed by atoms with Crippen molar-refractivity contribution in [3.05, 3.63) is 70.5 Å². The Balaban J connectivity index is 1.40. The Morgan fingerprint density at radius 1 is 1.15 bits per heavy atom. The van der Waals surface area contributed by atoms with E-state index in [0.717, 1.165) is 54.2 Å². The fourth-order valence-electron chi connectivity index (χ4n) is 4.21. The van der Waals surface area contributed by atoms with E-state index in [9.17, 15) is 0 Å². The van der Waals surface area contributed by atoms with Crippen LogP contribution in [0.15, 0.2) is 60.1 Å². The van der Waals surface area contributed by atoms with Gasteiger partial charge in [0.2, 0.25) is 0 Å². The molecule has 3 heterocycles. The van der Waals surface area contributed by atoms with Crippen molar-refractivity contribution in [3.8, 4) is 11.1 Å². The highest BCUT2D eigenvalue weighted by Crippen LogP contribution is 2.33. The van der Waals surface area contributed by atoms with Crippen molar-refractivity contribution < 1.29 is 4.74 Å². The molecule has 0 amide bonds. The number of nitrogens with one attached hydrogen (secondary N) is 2. The van der Waals surface area contributed by atoms with Crippen LogP contribution < -0.4 is 21.3 Å². The fraction of sp³-hybridized carbons (Fsp3) is 0.280. The Hall–Kier alpha value is -3.04. The second-order valence-electron chi connectivity index (χ2n) is 8.11. The molecule has 0 spiro atoms. The van der Waals surface area contributed by atoms with Crippen LogP contribution in [0.2, 0.25) is 0 Å². The minimum Gasteiger partial charge on any atom is -0.378 e. The Labute approximate surface area is 197 Å². The fourth-order valence-corrected chi connectivity index (χ4v) is 5.07. The molecule has 1 saturated heterocycles. The molecule has 0 unspecified atom stereocenters. The SMILES string of the molecule is CNCc1ccccc1-c1csc([C@@H](N)Nc2nncc3ccc(N4CCOCC4)cc23)c1. The van der Waals surface area contributed by atoms with Crippen LogP contribution in [0, 0.1) is 0 Å². The van der Waals surface area contributed by atoms with Gasteiger partial charge < -0.3 is 26.0 Å². The summed E-state index contributed by atoms with van der Waals surface area (Å²) in [6, 6.07) is 17.0. The van der Waals surface area contributed by atoms with Crippen LogP contribution in [-0.4, -0.2) is 43.5 Å². The van der Waals surface area contributed by atoms with E-state index in [2.05, 4.69) is 79.6 Å². The molecule has 0 aliphatic carbocycles. The van der Waals surface area contributed by atoms with Crippen LogP contribution in [0.4, 0.5) is 11.5 Å². The van der Waals surface area contributed by atoms with E-state index in [1.807, 2.05) is 7.05 Å². The van der Waals surface area contributed by atoms with Crippen molar-refractivity contribution in [1.29, 1.82) is 0 Å². The van der Waals surface area contributed by atoms with Gasteiger partial charge in [-0.25, -0.2) is 0 Å². The Morgan fingerprint density at radius 3 is 2.85 bits per heavy atom. The number of anilines is 2. The minimum absolute atomic E-state index is 0.382. The molecule has 2 aromatic carbocycles. The van der Waals surface area contributed by atoms with E-state index < -0.39 is 0 Å². The normalized spacial score (nSPS) is 15.0. The first kappa shape index (κ1) is 21.8. The third kappa shape index (κ3) is 4.69. The summed E-state index contributed by atoms with van der Waals surface area (Å²) in [5.41, 5.74) is 11.4. The van der Waals surface area contributed by atoms with Crippen LogP contribution in [0.5, 0.6) is 0 Å². The number of ether oxygens (including phenoxy) is 1. The predicted octanol–water partition coefficient (Wildman–Crippen LogP) is 3.98. The van der Waals surface area contributed by atoms with E-state index in [0.29, 0.717) is 5.82 Å². The van der Waals surface area contributed by atoms with E-state index in [1.165, 1.54) is 16.7 Å². The lowest BCUT2D eigenvalue weighted by Crippen LogP contribution is -2.36. The molecule has 170 valence electrons. The third-order valence-corrected chi connectivity index (χ3v) is 6.95. The van der Waals surface area contributed by atoms with Crippen molar-refractivity contribution in [2.24, 2.45) is 5.73 Å². The van der Waals surface area contributed by atoms with Gasteiger partial charge in [0.05, 0.1) is 19.4 Å². The lowest BCUT2D eigenvalue weighted by atomic mass is 10.0. The average Bonchev–Trinajstić information content (AvgIpc) is 3.35. The van der Waals surface area contributed by atoms with Crippen LogP contribution in [-0.2, 0) is 11.3 Å². The monoisotopic (exact) mass is 460 g/mol. The average molecular weight is 461 g/mol. The van der Waals surface area contributed by atoms with Crippen molar-refractivity contribution >= 4 is 33.6 Å². The van der Waals surface area contributed by atoms with Crippen LogP contribution in [0.25, 0.3) is 21.9 Å². The molecule has 5 rings (SSSR count). The number of hydrogen-bond acceptors (Lipinski definition) is 8. The van der Waals surface area contributed by atoms with Gasteiger partial charge in [-0.15, -0.1) is 16.4 Å². The van der Waals surface area contributed by atoms with Crippen molar-refractivity contribution in [3.63, 3.8) is 0 Å². The molecule has 0 bridgehead atoms. The van der Waals surface area contributed by atoms with E-state index >= 15 is 0 Å². The summed E-state index contributed by atoms with van der Waals surface area (Å²) in [5.74, 6) is 0.695. The molecule has 1 atom stereocenters. The van der Waals surface area contributed by atoms with Gasteiger partial charge in [-0.3, -0.25) is 0 Å². The van der Waals surface area contributed by atoms with Gasteiger partial charge in [0.1, 0.15) is 6.17 Å². The van der Waals surface area contributed by atoms with Crippen LogP contribution >= 0.6 is 11.3 Å². The van der Waals surface area contributed by atoms with Crippen LogP contribution in [0.1, 0.15) is 16.6 Å². The molecular weight excluding hydrogens is 432 g/mol. The number of benzene rings is 2. The molecule has 1 aliphatic heterocycles. The van der Waals surface area contributed by atoms with Gasteiger partial charge in [0.25, 0.3) is 0 Å². The number of fused-ring (bicyclic) bond motifs is 1. The highest BCUT2D eigenvalue weighted by molar-refractivity contribution is 7.10. The Bertz CT molecular complexity index is 1240. The first-order chi connectivity index (χ1) is 16.2. The Morgan fingerprint density at radius 2 is 2.00 bits per heavy atom. The summed E-state index contributed by atoms with van der Waals surface area (Å²) in [5, 5.41) is 19.4. The first-order valence-corrected chi connectivity index (χ1v) is 12.0. The van der Waals surface area contributed by atoms with Gasteiger partial charge in [-0.05, 0) is 47.3 Å². The molecule has 7 nitrogen and oxygen atoms in total. The summed E-state index contributed by atoms with van der Waals surface area (Å²) < 4.78 is 5.49. The maximum atomic E-state index is 6.58. The van der Waals surface area contributed by atoms with Gasteiger partial charge in [0, 0.05) is 41.0 Å². The zero-order valence-corrected chi connectivity index (χ0v) is 19.4. The number of thiophene rings is 1. The highest BCUT2D eigenvalue weighted by Gasteiger charge is 2.16. The van der Waals surface area contributed by atoms with E-state index in [4.69, 9.17) is 10.5 Å². The number of aromatic nitrogens is 2. The zero-order chi connectivity index (χ0) is 22.6. The third-order valence-electron chi connectivity index (χ3n) is 5.94. The highest BCUT2D eigenvalue weighted by atomic mass is 32.1. The van der Waals surface area contributed by atoms with Crippen LogP contribution in [0.3, 0.4) is 0 Å². The van der Waals surface area contributed by atoms with Crippen molar-refractivity contribution in [2.45, 2.75) is 12.7 Å². The Kier molecular flexibility index (Phi) is 6.50. The standard InChI is InChI=1S/C25H28N6OS/c1-27-14-17-4-2-3-5-21(17)19-12-23(33-16-19)24(26)29-25-22-13-20(31-8-10-32-11-9-31)7-6-18(22)15-28-30-25/h2-7,12-13,15-16,24,27H,8-11,14,26H2,1H3,(H,29,30)/t24-/m0/s1. The van der Waals surface area contributed by atoms with Gasteiger partial charge in [-0.1, -0.05) is 30.3 Å². The van der Waals surface area contributed by atoms with Gasteiger partial charge >= 0.3 is 0 Å². The maximum absolute atomic E-state index is 6.58. The molecule has 2 aromatic heterocycles. The van der Waals surface area contributed by atoms with E-state index in [1.54, 1.807) is 17.5 Å². The molecule has 0 radical (unpaired) electrons. The smallest absolute Gasteiger partial charge is 0.158 e. The second kappa shape index (κ2) is 9.84. The van der Waals surface area contributed by atoms with Crippen molar-refractivity contribution in [2.75, 3.05) is 43.6 Å². The first-order valence-electron chi connectivity index (χ1n) is 11.1. The number of hydrogen-bond donors (Lipinski definition) is 3. The number of nitrogens with zero attached hydrogens (tertiary/aromatic N) is 3. The van der Waals surface area contributed by atoms with Gasteiger partial charge in [0.15, 0.2) is 5.82 Å².